The summed E-state index contributed by atoms with van der Waals surface area (Å²) < 4.78 is 36.9. The summed E-state index contributed by atoms with van der Waals surface area (Å²) in [7, 11) is 3.13. The van der Waals surface area contributed by atoms with Gasteiger partial charge < -0.3 is 10.0 Å². The molecule has 0 amide bonds. The first-order chi connectivity index (χ1) is 6.34. The number of aromatic hydroxyl groups is 1. The zero-order chi connectivity index (χ0) is 10.9. The van der Waals surface area contributed by atoms with Gasteiger partial charge in [-0.1, -0.05) is 6.07 Å². The van der Waals surface area contributed by atoms with Gasteiger partial charge in [-0.3, -0.25) is 0 Å². The molecule has 1 aromatic carbocycles. The molecule has 0 spiro atoms. The highest BCUT2D eigenvalue weighted by Gasteiger charge is 2.34. The minimum atomic E-state index is -4.52. The molecule has 1 N–H and O–H groups in total. The van der Waals surface area contributed by atoms with E-state index in [1.54, 1.807) is 14.1 Å². The van der Waals surface area contributed by atoms with Crippen LogP contribution in [-0.4, -0.2) is 19.2 Å². The lowest BCUT2D eigenvalue weighted by atomic mass is 10.1. The van der Waals surface area contributed by atoms with Crippen LogP contribution in [0.3, 0.4) is 0 Å². The standard InChI is InChI=1S/C9H10F3NO/c1-13(2)7-5-3-4-6(8(7)14)9(10,11)12/h3-5,14H,1-2H3. The molecule has 0 aliphatic carbocycles. The molecule has 0 aliphatic rings. The van der Waals surface area contributed by atoms with Gasteiger partial charge in [-0.15, -0.1) is 0 Å². The van der Waals surface area contributed by atoms with Gasteiger partial charge in [0.05, 0.1) is 11.3 Å². The van der Waals surface area contributed by atoms with Crippen LogP contribution < -0.4 is 4.90 Å². The highest BCUT2D eigenvalue weighted by Crippen LogP contribution is 2.40. The smallest absolute Gasteiger partial charge is 0.420 e. The van der Waals surface area contributed by atoms with Crippen LogP contribution >= 0.6 is 0 Å². The Morgan fingerprint density at radius 2 is 1.79 bits per heavy atom. The summed E-state index contributed by atoms with van der Waals surface area (Å²) in [5.41, 5.74) is -0.858. The number of hydrogen-bond donors (Lipinski definition) is 1. The number of para-hydroxylation sites is 1. The zero-order valence-corrected chi connectivity index (χ0v) is 7.76. The van der Waals surface area contributed by atoms with Gasteiger partial charge in [0.15, 0.2) is 5.75 Å². The molecule has 0 aliphatic heterocycles. The van der Waals surface area contributed by atoms with Crippen molar-refractivity contribution in [2.45, 2.75) is 6.18 Å². The van der Waals surface area contributed by atoms with E-state index in [1.807, 2.05) is 0 Å². The van der Waals surface area contributed by atoms with Crippen LogP contribution in [0.5, 0.6) is 5.75 Å². The zero-order valence-electron chi connectivity index (χ0n) is 7.76. The minimum absolute atomic E-state index is 0.153. The fourth-order valence-electron chi connectivity index (χ4n) is 1.12. The van der Waals surface area contributed by atoms with Gasteiger partial charge in [-0.05, 0) is 12.1 Å². The van der Waals surface area contributed by atoms with Crippen LogP contribution in [0.4, 0.5) is 18.9 Å². The number of nitrogens with zero attached hydrogens (tertiary/aromatic N) is 1. The number of anilines is 1. The second-order valence-corrected chi connectivity index (χ2v) is 3.07. The third kappa shape index (κ3) is 1.92. The third-order valence-electron chi connectivity index (χ3n) is 1.80. The maximum atomic E-state index is 12.3. The largest absolute Gasteiger partial charge is 0.505 e. The number of phenolic OH excluding ortho intramolecular Hbond substituents is 1. The summed E-state index contributed by atoms with van der Waals surface area (Å²) in [6.45, 7) is 0. The normalized spacial score (nSPS) is 11.5. The highest BCUT2D eigenvalue weighted by atomic mass is 19.4. The monoisotopic (exact) mass is 205 g/mol. The highest BCUT2D eigenvalue weighted by molar-refractivity contribution is 5.60. The van der Waals surface area contributed by atoms with Crippen molar-refractivity contribution >= 4 is 5.69 Å². The summed E-state index contributed by atoms with van der Waals surface area (Å²) in [6.07, 6.45) is -4.52. The Hall–Kier alpha value is -1.39. The first-order valence-electron chi connectivity index (χ1n) is 3.90. The Labute approximate surface area is 79.6 Å². The van der Waals surface area contributed by atoms with E-state index in [1.165, 1.54) is 17.0 Å². The van der Waals surface area contributed by atoms with Crippen molar-refractivity contribution in [2.24, 2.45) is 0 Å². The fourth-order valence-corrected chi connectivity index (χ4v) is 1.12. The number of hydrogen-bond acceptors (Lipinski definition) is 2. The predicted molar refractivity (Wildman–Crippen MR) is 47.4 cm³/mol. The summed E-state index contributed by atoms with van der Waals surface area (Å²) in [4.78, 5) is 1.42. The summed E-state index contributed by atoms with van der Waals surface area (Å²) in [5, 5.41) is 9.33. The quantitative estimate of drug-likeness (QED) is 0.761. The molecule has 0 unspecified atom stereocenters. The van der Waals surface area contributed by atoms with Gasteiger partial charge >= 0.3 is 6.18 Å². The van der Waals surface area contributed by atoms with E-state index in [0.717, 1.165) is 6.07 Å². The van der Waals surface area contributed by atoms with E-state index < -0.39 is 17.5 Å². The molecule has 2 nitrogen and oxygen atoms in total. The summed E-state index contributed by atoms with van der Waals surface area (Å²) in [6, 6.07) is 3.53. The van der Waals surface area contributed by atoms with Crippen LogP contribution in [0.25, 0.3) is 0 Å². The molecular weight excluding hydrogens is 195 g/mol. The van der Waals surface area contributed by atoms with E-state index in [-0.39, 0.29) is 5.69 Å². The predicted octanol–water partition coefficient (Wildman–Crippen LogP) is 2.48. The lowest BCUT2D eigenvalue weighted by Gasteiger charge is -2.17. The Balaban J connectivity index is 3.28. The number of halogens is 3. The molecule has 5 heteroatoms. The average molecular weight is 205 g/mol. The Morgan fingerprint density at radius 1 is 1.21 bits per heavy atom. The fraction of sp³-hybridized carbons (Fsp3) is 0.333. The van der Waals surface area contributed by atoms with Crippen LogP contribution in [0.15, 0.2) is 18.2 Å². The van der Waals surface area contributed by atoms with Crippen molar-refractivity contribution in [3.8, 4) is 5.75 Å². The SMILES string of the molecule is CN(C)c1cccc(C(F)(F)F)c1O. The van der Waals surface area contributed by atoms with Gasteiger partial charge in [0.25, 0.3) is 0 Å². The van der Waals surface area contributed by atoms with Gasteiger partial charge in [0.1, 0.15) is 0 Å². The van der Waals surface area contributed by atoms with Crippen molar-refractivity contribution in [1.29, 1.82) is 0 Å². The van der Waals surface area contributed by atoms with E-state index in [4.69, 9.17) is 0 Å². The Bertz CT molecular complexity index is 333. The van der Waals surface area contributed by atoms with Gasteiger partial charge in [-0.2, -0.15) is 13.2 Å². The van der Waals surface area contributed by atoms with Gasteiger partial charge in [0, 0.05) is 14.1 Å². The summed E-state index contributed by atoms with van der Waals surface area (Å²) in [5.74, 6) is -0.731. The maximum Gasteiger partial charge on any atom is 0.420 e. The molecule has 14 heavy (non-hydrogen) atoms. The third-order valence-corrected chi connectivity index (χ3v) is 1.80. The van der Waals surface area contributed by atoms with Crippen molar-refractivity contribution < 1.29 is 18.3 Å². The van der Waals surface area contributed by atoms with Crippen molar-refractivity contribution in [2.75, 3.05) is 19.0 Å². The minimum Gasteiger partial charge on any atom is -0.505 e. The lowest BCUT2D eigenvalue weighted by molar-refractivity contribution is -0.138. The van der Waals surface area contributed by atoms with E-state index >= 15 is 0 Å². The Kier molecular flexibility index (Phi) is 2.59. The molecular formula is C9H10F3NO. The van der Waals surface area contributed by atoms with E-state index in [9.17, 15) is 18.3 Å². The molecule has 0 saturated carbocycles. The topological polar surface area (TPSA) is 23.5 Å². The molecule has 78 valence electrons. The van der Waals surface area contributed by atoms with E-state index in [0.29, 0.717) is 0 Å². The van der Waals surface area contributed by atoms with Crippen molar-refractivity contribution in [3.05, 3.63) is 23.8 Å². The molecule has 0 bridgehead atoms. The lowest BCUT2D eigenvalue weighted by Crippen LogP contribution is -2.12. The van der Waals surface area contributed by atoms with Crippen LogP contribution in [0.1, 0.15) is 5.56 Å². The molecule has 0 saturated heterocycles. The van der Waals surface area contributed by atoms with E-state index in [2.05, 4.69) is 0 Å². The first-order valence-corrected chi connectivity index (χ1v) is 3.90. The summed E-state index contributed by atoms with van der Waals surface area (Å²) >= 11 is 0. The molecule has 0 aromatic heterocycles. The molecule has 0 atom stereocenters. The molecule has 0 fully saturated rings. The second-order valence-electron chi connectivity index (χ2n) is 3.07. The van der Waals surface area contributed by atoms with Crippen LogP contribution in [0, 0.1) is 0 Å². The first kappa shape index (κ1) is 10.7. The molecule has 1 rings (SSSR count). The number of alkyl halides is 3. The molecule has 0 heterocycles. The van der Waals surface area contributed by atoms with Crippen LogP contribution in [0.2, 0.25) is 0 Å². The Morgan fingerprint density at radius 3 is 2.21 bits per heavy atom. The maximum absolute atomic E-state index is 12.3. The van der Waals surface area contributed by atoms with Crippen molar-refractivity contribution in [3.63, 3.8) is 0 Å². The second kappa shape index (κ2) is 3.40. The number of benzene rings is 1. The van der Waals surface area contributed by atoms with Gasteiger partial charge in [-0.25, -0.2) is 0 Å². The molecule has 1 aromatic rings. The van der Waals surface area contributed by atoms with Gasteiger partial charge in [0.2, 0.25) is 0 Å². The average Bonchev–Trinajstić information content (AvgIpc) is 2.01. The number of rotatable bonds is 1. The van der Waals surface area contributed by atoms with Crippen molar-refractivity contribution in [1.82, 2.24) is 0 Å². The van der Waals surface area contributed by atoms with Crippen LogP contribution in [-0.2, 0) is 6.18 Å². The molecule has 0 radical (unpaired) electrons. The number of phenols is 1.